The van der Waals surface area contributed by atoms with Crippen molar-refractivity contribution in [3.05, 3.63) is 39.4 Å². The topological polar surface area (TPSA) is 46.9 Å². The van der Waals surface area contributed by atoms with E-state index in [1.807, 2.05) is 6.92 Å². The van der Waals surface area contributed by atoms with Crippen LogP contribution in [0.25, 0.3) is 10.9 Å². The lowest BCUT2D eigenvalue weighted by Gasteiger charge is -2.16. The highest BCUT2D eigenvalue weighted by Crippen LogP contribution is 2.17. The molecule has 1 heterocycles. The number of hydrogen-bond acceptors (Lipinski definition) is 3. The predicted octanol–water partition coefficient (Wildman–Crippen LogP) is 2.65. The molecule has 0 unspecified atom stereocenters. The van der Waals surface area contributed by atoms with E-state index in [1.54, 1.807) is 29.8 Å². The monoisotopic (exact) mass is 279 g/mol. The van der Waals surface area contributed by atoms with Gasteiger partial charge < -0.3 is 5.32 Å². The summed E-state index contributed by atoms with van der Waals surface area (Å²) in [7, 11) is 1.75. The van der Waals surface area contributed by atoms with Crippen LogP contribution in [0.5, 0.6) is 0 Å². The molecule has 2 rings (SSSR count). The second-order valence-corrected chi connectivity index (χ2v) is 5.11. The van der Waals surface area contributed by atoms with E-state index < -0.39 is 0 Å². The number of benzene rings is 1. The average molecular weight is 280 g/mol. The summed E-state index contributed by atoms with van der Waals surface area (Å²) in [6, 6.07) is 5.20. The average Bonchev–Trinajstić information content (AvgIpc) is 2.39. The van der Waals surface area contributed by atoms with Crippen molar-refractivity contribution in [2.45, 2.75) is 26.3 Å². The lowest BCUT2D eigenvalue weighted by molar-refractivity contribution is 0.519. The molecule has 1 aromatic carbocycles. The van der Waals surface area contributed by atoms with E-state index in [0.29, 0.717) is 15.9 Å². The zero-order chi connectivity index (χ0) is 14.0. The first kappa shape index (κ1) is 14.0. The van der Waals surface area contributed by atoms with Crippen LogP contribution in [-0.4, -0.2) is 16.1 Å². The van der Waals surface area contributed by atoms with Crippen molar-refractivity contribution in [3.63, 3.8) is 0 Å². The zero-order valence-electron chi connectivity index (χ0n) is 11.4. The minimum atomic E-state index is -0.0400. The molecule has 1 aromatic heterocycles. The molecule has 19 heavy (non-hydrogen) atoms. The van der Waals surface area contributed by atoms with E-state index in [-0.39, 0.29) is 11.6 Å². The summed E-state index contributed by atoms with van der Waals surface area (Å²) in [6.07, 6.45) is 1.04. The van der Waals surface area contributed by atoms with Crippen molar-refractivity contribution >= 4 is 22.5 Å². The number of fused-ring (bicyclic) bond motifs is 1. The van der Waals surface area contributed by atoms with E-state index in [0.717, 1.165) is 18.8 Å². The molecular weight excluding hydrogens is 262 g/mol. The minimum absolute atomic E-state index is 0.0287. The van der Waals surface area contributed by atoms with Crippen LogP contribution in [0.1, 0.15) is 32.1 Å². The quantitative estimate of drug-likeness (QED) is 0.936. The minimum Gasteiger partial charge on any atom is -0.308 e. The van der Waals surface area contributed by atoms with Gasteiger partial charge in [0.2, 0.25) is 0 Å². The van der Waals surface area contributed by atoms with Crippen LogP contribution in [0.2, 0.25) is 5.02 Å². The third-order valence-corrected chi connectivity index (χ3v) is 3.40. The molecule has 0 saturated carbocycles. The summed E-state index contributed by atoms with van der Waals surface area (Å²) in [4.78, 5) is 16.9. The second-order valence-electron chi connectivity index (χ2n) is 4.67. The van der Waals surface area contributed by atoms with Crippen LogP contribution < -0.4 is 10.9 Å². The molecule has 0 bridgehead atoms. The summed E-state index contributed by atoms with van der Waals surface area (Å²) in [5, 5.41) is 4.53. The fourth-order valence-electron chi connectivity index (χ4n) is 2.10. The van der Waals surface area contributed by atoms with Gasteiger partial charge in [0.15, 0.2) is 0 Å². The molecule has 0 saturated heterocycles. The van der Waals surface area contributed by atoms with Crippen molar-refractivity contribution in [1.82, 2.24) is 14.9 Å². The van der Waals surface area contributed by atoms with E-state index in [1.165, 1.54) is 0 Å². The Hall–Kier alpha value is -1.39. The van der Waals surface area contributed by atoms with Gasteiger partial charge in [-0.2, -0.15) is 0 Å². The fraction of sp³-hybridized carbons (Fsp3) is 0.429. The Morgan fingerprint density at radius 1 is 1.47 bits per heavy atom. The Kier molecular flexibility index (Phi) is 4.22. The van der Waals surface area contributed by atoms with E-state index >= 15 is 0 Å². The van der Waals surface area contributed by atoms with Crippen molar-refractivity contribution < 1.29 is 0 Å². The summed E-state index contributed by atoms with van der Waals surface area (Å²) >= 11 is 5.96. The molecule has 1 atom stereocenters. The highest BCUT2D eigenvalue weighted by molar-refractivity contribution is 6.31. The first-order valence-corrected chi connectivity index (χ1v) is 6.82. The molecule has 0 aliphatic carbocycles. The predicted molar refractivity (Wildman–Crippen MR) is 78.7 cm³/mol. The number of aromatic nitrogens is 2. The largest absolute Gasteiger partial charge is 0.308 e. The van der Waals surface area contributed by atoms with Crippen molar-refractivity contribution in [1.29, 1.82) is 0 Å². The lowest BCUT2D eigenvalue weighted by Crippen LogP contribution is -2.29. The van der Waals surface area contributed by atoms with Crippen LogP contribution in [-0.2, 0) is 7.05 Å². The van der Waals surface area contributed by atoms with Gasteiger partial charge in [0.1, 0.15) is 5.82 Å². The lowest BCUT2D eigenvalue weighted by atomic mass is 10.2. The van der Waals surface area contributed by atoms with Crippen molar-refractivity contribution in [3.8, 4) is 0 Å². The highest BCUT2D eigenvalue weighted by Gasteiger charge is 2.13. The number of hydrogen-bond donors (Lipinski definition) is 1. The maximum absolute atomic E-state index is 12.3. The molecular formula is C14H18ClN3O. The number of nitrogens with zero attached hydrogens (tertiary/aromatic N) is 2. The van der Waals surface area contributed by atoms with Gasteiger partial charge >= 0.3 is 0 Å². The summed E-state index contributed by atoms with van der Waals surface area (Å²) in [6.45, 7) is 5.00. The van der Waals surface area contributed by atoms with E-state index in [2.05, 4.69) is 17.2 Å². The molecule has 1 N–H and O–H groups in total. The zero-order valence-corrected chi connectivity index (χ0v) is 12.2. The molecule has 0 radical (unpaired) electrons. The number of halogens is 1. The Morgan fingerprint density at radius 3 is 2.89 bits per heavy atom. The molecule has 5 heteroatoms. The summed E-state index contributed by atoms with van der Waals surface area (Å²) < 4.78 is 1.60. The van der Waals surface area contributed by atoms with Crippen molar-refractivity contribution in [2.24, 2.45) is 7.05 Å². The number of nitrogens with one attached hydrogen (secondary N) is 1. The highest BCUT2D eigenvalue weighted by atomic mass is 35.5. The Morgan fingerprint density at radius 2 is 2.21 bits per heavy atom. The third-order valence-electron chi connectivity index (χ3n) is 3.16. The third kappa shape index (κ3) is 2.80. The van der Waals surface area contributed by atoms with Gasteiger partial charge in [0, 0.05) is 12.1 Å². The van der Waals surface area contributed by atoms with E-state index in [4.69, 9.17) is 11.6 Å². The number of rotatable bonds is 4. The molecule has 0 aliphatic rings. The Bertz CT molecular complexity index is 651. The van der Waals surface area contributed by atoms with Gasteiger partial charge in [0.05, 0.1) is 16.9 Å². The summed E-state index contributed by atoms with van der Waals surface area (Å²) in [5.41, 5.74) is 0.609. The van der Waals surface area contributed by atoms with Crippen LogP contribution in [0.4, 0.5) is 0 Å². The Labute approximate surface area is 117 Å². The molecule has 0 spiro atoms. The maximum atomic E-state index is 12.3. The SMILES string of the molecule is CCCN[C@@H](C)c1nc2cc(Cl)ccc2c(=O)n1C. The van der Waals surface area contributed by atoms with Gasteiger partial charge in [0.25, 0.3) is 5.56 Å². The summed E-state index contributed by atoms with van der Waals surface area (Å²) in [5.74, 6) is 0.730. The normalized spacial score (nSPS) is 12.8. The first-order chi connectivity index (χ1) is 9.04. The van der Waals surface area contributed by atoms with Crippen LogP contribution in [0.3, 0.4) is 0 Å². The van der Waals surface area contributed by atoms with Crippen LogP contribution in [0, 0.1) is 0 Å². The van der Waals surface area contributed by atoms with Gasteiger partial charge in [-0.15, -0.1) is 0 Å². The van der Waals surface area contributed by atoms with Crippen LogP contribution in [0.15, 0.2) is 23.0 Å². The molecule has 4 nitrogen and oxygen atoms in total. The molecule has 2 aromatic rings. The molecule has 0 fully saturated rings. The smallest absolute Gasteiger partial charge is 0.261 e. The standard InChI is InChI=1S/C14H18ClN3O/c1-4-7-16-9(2)13-17-12-8-10(15)5-6-11(12)14(19)18(13)3/h5-6,8-9,16H,4,7H2,1-3H3/t9-/m0/s1. The van der Waals surface area contributed by atoms with Crippen LogP contribution >= 0.6 is 11.6 Å². The fourth-order valence-corrected chi connectivity index (χ4v) is 2.27. The molecule has 0 amide bonds. The van der Waals surface area contributed by atoms with Gasteiger partial charge in [-0.05, 0) is 38.1 Å². The van der Waals surface area contributed by atoms with Crippen molar-refractivity contribution in [2.75, 3.05) is 6.54 Å². The van der Waals surface area contributed by atoms with Gasteiger partial charge in [-0.3, -0.25) is 9.36 Å². The Balaban J connectivity index is 2.56. The first-order valence-electron chi connectivity index (χ1n) is 6.44. The maximum Gasteiger partial charge on any atom is 0.261 e. The molecule has 0 aliphatic heterocycles. The van der Waals surface area contributed by atoms with Gasteiger partial charge in [-0.25, -0.2) is 4.98 Å². The second kappa shape index (κ2) is 5.72. The van der Waals surface area contributed by atoms with E-state index in [9.17, 15) is 4.79 Å². The van der Waals surface area contributed by atoms with Gasteiger partial charge in [-0.1, -0.05) is 18.5 Å². The molecule has 102 valence electrons.